The van der Waals surface area contributed by atoms with Crippen molar-refractivity contribution in [2.45, 2.75) is 12.5 Å². The minimum absolute atomic E-state index is 0.369. The predicted molar refractivity (Wildman–Crippen MR) is 56.0 cm³/mol. The van der Waals surface area contributed by atoms with Gasteiger partial charge in [-0.3, -0.25) is 9.59 Å². The lowest BCUT2D eigenvalue weighted by molar-refractivity contribution is -0.137. The number of Topliss-reactive ketones (excluding diaryl/α,β-unsaturated/α-hetero) is 1. The molecule has 0 bridgehead atoms. The molecule has 0 amide bonds. The summed E-state index contributed by atoms with van der Waals surface area (Å²) in [5, 5.41) is 8.98. The van der Waals surface area contributed by atoms with Crippen LogP contribution < -0.4 is 5.73 Å². The number of carbonyl (C=O) groups is 2. The highest BCUT2D eigenvalue weighted by Gasteiger charge is 2.18. The van der Waals surface area contributed by atoms with Gasteiger partial charge < -0.3 is 10.8 Å². The van der Waals surface area contributed by atoms with E-state index < -0.39 is 17.8 Å². The van der Waals surface area contributed by atoms with Gasteiger partial charge in [-0.2, -0.15) is 0 Å². The number of carboxylic acid groups (broad SMARTS) is 1. The first-order chi connectivity index (χ1) is 7.00. The van der Waals surface area contributed by atoms with Gasteiger partial charge in [0.1, 0.15) is 0 Å². The maximum atomic E-state index is 11.6. The van der Waals surface area contributed by atoms with Crippen molar-refractivity contribution in [2.24, 2.45) is 5.73 Å². The fourth-order valence-electron chi connectivity index (χ4n) is 1.11. The van der Waals surface area contributed by atoms with Crippen LogP contribution in [0.5, 0.6) is 0 Å². The zero-order valence-electron chi connectivity index (χ0n) is 7.81. The molecule has 5 heteroatoms. The lowest BCUT2D eigenvalue weighted by Crippen LogP contribution is -2.32. The number of benzene rings is 1. The molecule has 3 N–H and O–H groups in total. The molecule has 1 rings (SSSR count). The maximum absolute atomic E-state index is 11.6. The summed E-state index contributed by atoms with van der Waals surface area (Å²) in [5.41, 5.74) is 5.79. The van der Waals surface area contributed by atoms with Crippen LogP contribution in [0.3, 0.4) is 0 Å². The van der Waals surface area contributed by atoms with E-state index in [2.05, 4.69) is 0 Å². The summed E-state index contributed by atoms with van der Waals surface area (Å²) >= 11 is 5.64. The highest BCUT2D eigenvalue weighted by Crippen LogP contribution is 2.11. The maximum Gasteiger partial charge on any atom is 0.305 e. The van der Waals surface area contributed by atoms with E-state index in [1.54, 1.807) is 12.1 Å². The van der Waals surface area contributed by atoms with Crippen molar-refractivity contribution in [2.75, 3.05) is 0 Å². The molecule has 0 spiro atoms. The van der Waals surface area contributed by atoms with Crippen LogP contribution in [0.1, 0.15) is 16.8 Å². The van der Waals surface area contributed by atoms with Crippen molar-refractivity contribution < 1.29 is 14.7 Å². The van der Waals surface area contributed by atoms with E-state index in [1.165, 1.54) is 12.1 Å². The summed E-state index contributed by atoms with van der Waals surface area (Å²) in [5.74, 6) is -1.49. The standard InChI is InChI=1S/C10H10ClNO3/c11-7-3-1-6(2-4-7)10(15)8(12)5-9(13)14/h1-4,8H,5,12H2,(H,13,14). The Bertz CT molecular complexity index is 375. The first kappa shape index (κ1) is 11.7. The largest absolute Gasteiger partial charge is 0.481 e. The highest BCUT2D eigenvalue weighted by atomic mass is 35.5. The van der Waals surface area contributed by atoms with Gasteiger partial charge in [-0.05, 0) is 24.3 Å². The lowest BCUT2D eigenvalue weighted by atomic mass is 10.0. The molecule has 0 saturated heterocycles. The van der Waals surface area contributed by atoms with Crippen LogP contribution in [-0.4, -0.2) is 22.9 Å². The van der Waals surface area contributed by atoms with Crippen LogP contribution in [0.25, 0.3) is 0 Å². The second-order valence-corrected chi connectivity index (χ2v) is 3.51. The van der Waals surface area contributed by atoms with Gasteiger partial charge in [-0.25, -0.2) is 0 Å². The molecule has 4 nitrogen and oxygen atoms in total. The summed E-state index contributed by atoms with van der Waals surface area (Å²) in [4.78, 5) is 21.9. The van der Waals surface area contributed by atoms with E-state index in [4.69, 9.17) is 22.4 Å². The van der Waals surface area contributed by atoms with Crippen LogP contribution in [0.2, 0.25) is 5.02 Å². The Balaban J connectivity index is 2.76. The van der Waals surface area contributed by atoms with Crippen LogP contribution in [0.4, 0.5) is 0 Å². The summed E-state index contributed by atoms with van der Waals surface area (Å²) in [7, 11) is 0. The van der Waals surface area contributed by atoms with Crippen LogP contribution in [0, 0.1) is 0 Å². The molecule has 0 heterocycles. The van der Waals surface area contributed by atoms with E-state index in [0.29, 0.717) is 10.6 Å². The molecular formula is C10H10ClNO3. The third kappa shape index (κ3) is 3.34. The third-order valence-electron chi connectivity index (χ3n) is 1.86. The molecule has 0 aliphatic heterocycles. The zero-order valence-corrected chi connectivity index (χ0v) is 8.57. The average Bonchev–Trinajstić information content (AvgIpc) is 2.17. The van der Waals surface area contributed by atoms with Gasteiger partial charge >= 0.3 is 5.97 Å². The van der Waals surface area contributed by atoms with E-state index in [-0.39, 0.29) is 6.42 Å². The minimum atomic E-state index is -1.09. The second-order valence-electron chi connectivity index (χ2n) is 3.08. The lowest BCUT2D eigenvalue weighted by Gasteiger charge is -2.07. The fraction of sp³-hybridized carbons (Fsp3) is 0.200. The fourth-order valence-corrected chi connectivity index (χ4v) is 1.24. The molecule has 1 unspecified atom stereocenters. The molecule has 0 fully saturated rings. The molecule has 1 aromatic rings. The van der Waals surface area contributed by atoms with Crippen LogP contribution in [0.15, 0.2) is 24.3 Å². The number of aliphatic carboxylic acids is 1. The predicted octanol–water partition coefficient (Wildman–Crippen LogP) is 1.32. The number of nitrogens with two attached hydrogens (primary N) is 1. The number of halogens is 1. The molecule has 0 aliphatic carbocycles. The molecule has 1 aromatic carbocycles. The number of carbonyl (C=O) groups excluding carboxylic acids is 1. The van der Waals surface area contributed by atoms with Crippen molar-refractivity contribution in [3.8, 4) is 0 Å². The van der Waals surface area contributed by atoms with Gasteiger partial charge in [-0.15, -0.1) is 0 Å². The Hall–Kier alpha value is -1.39. The Kier molecular flexibility index (Phi) is 3.82. The van der Waals surface area contributed by atoms with Crippen molar-refractivity contribution >= 4 is 23.4 Å². The quantitative estimate of drug-likeness (QED) is 0.761. The molecule has 0 saturated carbocycles. The number of hydrogen-bond acceptors (Lipinski definition) is 3. The first-order valence-electron chi connectivity index (χ1n) is 4.28. The Morgan fingerprint density at radius 2 is 1.87 bits per heavy atom. The molecule has 0 aliphatic rings. The van der Waals surface area contributed by atoms with Crippen LogP contribution in [-0.2, 0) is 4.79 Å². The van der Waals surface area contributed by atoms with Crippen molar-refractivity contribution in [1.29, 1.82) is 0 Å². The average molecular weight is 228 g/mol. The summed E-state index contributed by atoms with van der Waals surface area (Å²) in [6, 6.07) is 5.15. The van der Waals surface area contributed by atoms with E-state index in [0.717, 1.165) is 0 Å². The van der Waals surface area contributed by atoms with Crippen molar-refractivity contribution in [3.05, 3.63) is 34.9 Å². The summed E-state index contributed by atoms with van der Waals surface area (Å²) < 4.78 is 0. The van der Waals surface area contributed by atoms with E-state index >= 15 is 0 Å². The monoisotopic (exact) mass is 227 g/mol. The summed E-state index contributed by atoms with van der Waals surface area (Å²) in [6.07, 6.45) is -0.374. The normalized spacial score (nSPS) is 12.1. The molecule has 0 aromatic heterocycles. The van der Waals surface area contributed by atoms with Gasteiger partial charge in [0.2, 0.25) is 0 Å². The molecule has 15 heavy (non-hydrogen) atoms. The third-order valence-corrected chi connectivity index (χ3v) is 2.11. The molecular weight excluding hydrogens is 218 g/mol. The van der Waals surface area contributed by atoms with E-state index in [9.17, 15) is 9.59 Å². The highest BCUT2D eigenvalue weighted by molar-refractivity contribution is 6.30. The van der Waals surface area contributed by atoms with Gasteiger partial charge in [0.25, 0.3) is 0 Å². The van der Waals surface area contributed by atoms with Crippen molar-refractivity contribution in [1.82, 2.24) is 0 Å². The van der Waals surface area contributed by atoms with Gasteiger partial charge in [0, 0.05) is 10.6 Å². The number of hydrogen-bond donors (Lipinski definition) is 2. The zero-order chi connectivity index (χ0) is 11.4. The Morgan fingerprint density at radius 1 is 1.33 bits per heavy atom. The van der Waals surface area contributed by atoms with Crippen LogP contribution >= 0.6 is 11.6 Å². The second kappa shape index (κ2) is 4.91. The minimum Gasteiger partial charge on any atom is -0.481 e. The topological polar surface area (TPSA) is 80.4 Å². The Morgan fingerprint density at radius 3 is 2.33 bits per heavy atom. The molecule has 80 valence electrons. The SMILES string of the molecule is NC(CC(=O)O)C(=O)c1ccc(Cl)cc1. The van der Waals surface area contributed by atoms with E-state index in [1.807, 2.05) is 0 Å². The van der Waals surface area contributed by atoms with Gasteiger partial charge in [-0.1, -0.05) is 11.6 Å². The molecule has 1 atom stereocenters. The molecule has 0 radical (unpaired) electrons. The number of rotatable bonds is 4. The van der Waals surface area contributed by atoms with Crippen molar-refractivity contribution in [3.63, 3.8) is 0 Å². The van der Waals surface area contributed by atoms with Gasteiger partial charge in [0.15, 0.2) is 5.78 Å². The Labute approximate surface area is 91.7 Å². The smallest absolute Gasteiger partial charge is 0.305 e. The number of ketones is 1. The van der Waals surface area contributed by atoms with Gasteiger partial charge in [0.05, 0.1) is 12.5 Å². The summed E-state index contributed by atoms with van der Waals surface area (Å²) in [6.45, 7) is 0. The first-order valence-corrected chi connectivity index (χ1v) is 4.65. The number of carboxylic acids is 1.